The van der Waals surface area contributed by atoms with Crippen LogP contribution in [-0.2, 0) is 19.1 Å². The predicted octanol–water partition coefficient (Wildman–Crippen LogP) is 4.50. The molecule has 5 saturated carbocycles. The zero-order valence-electron chi connectivity index (χ0n) is 17.3. The van der Waals surface area contributed by atoms with Crippen LogP contribution in [0.3, 0.4) is 0 Å². The lowest BCUT2D eigenvalue weighted by Crippen LogP contribution is -2.57. The maximum absolute atomic E-state index is 11.9. The van der Waals surface area contributed by atoms with Gasteiger partial charge in [0.2, 0.25) is 0 Å². The van der Waals surface area contributed by atoms with E-state index >= 15 is 0 Å². The molecular weight excluding hydrogens is 340 g/mol. The van der Waals surface area contributed by atoms with E-state index in [-0.39, 0.29) is 35.0 Å². The average Bonchev–Trinajstić information content (AvgIpc) is 3.12. The quantitative estimate of drug-likeness (QED) is 0.668. The van der Waals surface area contributed by atoms with Crippen molar-refractivity contribution < 1.29 is 19.1 Å². The maximum atomic E-state index is 11.9. The van der Waals surface area contributed by atoms with Crippen molar-refractivity contribution in [2.75, 3.05) is 0 Å². The van der Waals surface area contributed by atoms with E-state index in [4.69, 9.17) is 9.47 Å². The van der Waals surface area contributed by atoms with Gasteiger partial charge in [-0.3, -0.25) is 9.59 Å². The van der Waals surface area contributed by atoms with E-state index < -0.39 is 0 Å². The molecule has 0 saturated heterocycles. The molecule has 0 aliphatic heterocycles. The van der Waals surface area contributed by atoms with Crippen molar-refractivity contribution in [2.24, 2.45) is 39.9 Å². The number of esters is 2. The number of rotatable bonds is 2. The average molecular weight is 375 g/mol. The van der Waals surface area contributed by atoms with Crippen LogP contribution in [0, 0.1) is 39.9 Å². The van der Waals surface area contributed by atoms with Crippen molar-refractivity contribution in [3.63, 3.8) is 0 Å². The molecular formula is C23H34O4. The number of carbonyl (C=O) groups is 2. The summed E-state index contributed by atoms with van der Waals surface area (Å²) in [6.45, 7) is 7.99. The fraction of sp³-hybridized carbons (Fsp3) is 0.913. The van der Waals surface area contributed by atoms with Gasteiger partial charge in [0.15, 0.2) is 0 Å². The summed E-state index contributed by atoms with van der Waals surface area (Å²) in [4.78, 5) is 23.6. The summed E-state index contributed by atoms with van der Waals surface area (Å²) in [5, 5.41) is 0. The minimum Gasteiger partial charge on any atom is -0.462 e. The van der Waals surface area contributed by atoms with Gasteiger partial charge in [-0.25, -0.2) is 0 Å². The normalized spacial score (nSPS) is 55.0. The summed E-state index contributed by atoms with van der Waals surface area (Å²) in [6.07, 6.45) is 9.63. The van der Waals surface area contributed by atoms with Gasteiger partial charge in [0.25, 0.3) is 0 Å². The summed E-state index contributed by atoms with van der Waals surface area (Å²) in [5.41, 5.74) is 0.680. The highest BCUT2D eigenvalue weighted by Crippen LogP contribution is 2.82. The summed E-state index contributed by atoms with van der Waals surface area (Å²) < 4.78 is 11.8. The van der Waals surface area contributed by atoms with E-state index in [1.807, 2.05) is 0 Å². The Kier molecular flexibility index (Phi) is 3.67. The van der Waals surface area contributed by atoms with Crippen LogP contribution in [0.2, 0.25) is 0 Å². The van der Waals surface area contributed by atoms with Gasteiger partial charge in [0, 0.05) is 24.7 Å². The van der Waals surface area contributed by atoms with Gasteiger partial charge in [-0.05, 0) is 80.5 Å². The Morgan fingerprint density at radius 1 is 0.852 bits per heavy atom. The lowest BCUT2D eigenvalue weighted by atomic mass is 9.46. The van der Waals surface area contributed by atoms with Gasteiger partial charge < -0.3 is 9.47 Å². The highest BCUT2D eigenvalue weighted by atomic mass is 16.5. The van der Waals surface area contributed by atoms with Crippen LogP contribution in [0.1, 0.15) is 79.1 Å². The third-order valence-electron chi connectivity index (χ3n) is 10.1. The van der Waals surface area contributed by atoms with E-state index in [1.54, 1.807) is 6.92 Å². The molecule has 5 rings (SSSR count). The van der Waals surface area contributed by atoms with Crippen LogP contribution in [0.4, 0.5) is 0 Å². The highest BCUT2D eigenvalue weighted by Gasteiger charge is 2.78. The van der Waals surface area contributed by atoms with Crippen molar-refractivity contribution >= 4 is 11.9 Å². The molecule has 0 unspecified atom stereocenters. The molecule has 0 aromatic rings. The second-order valence-electron chi connectivity index (χ2n) is 10.8. The third kappa shape index (κ3) is 2.16. The summed E-state index contributed by atoms with van der Waals surface area (Å²) >= 11 is 0. The largest absolute Gasteiger partial charge is 0.462 e. The molecule has 0 N–H and O–H groups in total. The first-order valence-corrected chi connectivity index (χ1v) is 11.1. The first-order valence-electron chi connectivity index (χ1n) is 11.1. The van der Waals surface area contributed by atoms with Crippen molar-refractivity contribution in [1.29, 1.82) is 0 Å². The highest BCUT2D eigenvalue weighted by molar-refractivity contribution is 5.66. The molecule has 0 heterocycles. The fourth-order valence-electron chi connectivity index (χ4n) is 8.97. The van der Waals surface area contributed by atoms with Crippen LogP contribution < -0.4 is 0 Å². The SMILES string of the molecule is CC(=O)O[C@H]1C[C@H]2[C@H]3CC[C@@H](OC(C)=O)[C@]3(C)CC[C@H]2[C@@]2(C)CC[C@@H]3C[C@]312. The third-order valence-corrected chi connectivity index (χ3v) is 10.1. The van der Waals surface area contributed by atoms with Crippen LogP contribution in [0.5, 0.6) is 0 Å². The van der Waals surface area contributed by atoms with E-state index in [9.17, 15) is 9.59 Å². The second-order valence-corrected chi connectivity index (χ2v) is 10.8. The monoisotopic (exact) mass is 374 g/mol. The molecule has 150 valence electrons. The standard InChI is InChI=1S/C23H34O4/c1-13(24)26-19-6-5-17-16-11-20(27-14(2)25)23-12-15(23)7-10-22(23,4)18(16)8-9-21(17,19)3/h15-20H,5-12H2,1-4H3/t15-,16+,17-,18-,19-,20+,21-,22-,23+/m1/s1. The Bertz CT molecular complexity index is 688. The Morgan fingerprint density at radius 3 is 2.22 bits per heavy atom. The van der Waals surface area contributed by atoms with Crippen molar-refractivity contribution in [3.8, 4) is 0 Å². The Balaban J connectivity index is 1.48. The minimum atomic E-state index is -0.145. The van der Waals surface area contributed by atoms with Crippen molar-refractivity contribution in [1.82, 2.24) is 0 Å². The van der Waals surface area contributed by atoms with Gasteiger partial charge in [-0.15, -0.1) is 0 Å². The number of hydrogen-bond donors (Lipinski definition) is 0. The summed E-state index contributed by atoms with van der Waals surface area (Å²) in [7, 11) is 0. The predicted molar refractivity (Wildman–Crippen MR) is 101 cm³/mol. The molecule has 0 amide bonds. The van der Waals surface area contributed by atoms with Gasteiger partial charge in [0.05, 0.1) is 0 Å². The Morgan fingerprint density at radius 2 is 1.56 bits per heavy atom. The molecule has 5 aliphatic rings. The molecule has 0 bridgehead atoms. The molecule has 0 aromatic heterocycles. The maximum Gasteiger partial charge on any atom is 0.302 e. The fourth-order valence-corrected chi connectivity index (χ4v) is 8.97. The first-order chi connectivity index (χ1) is 12.7. The van der Waals surface area contributed by atoms with Gasteiger partial charge in [0.1, 0.15) is 12.2 Å². The van der Waals surface area contributed by atoms with E-state index in [0.29, 0.717) is 17.3 Å². The van der Waals surface area contributed by atoms with Crippen LogP contribution in [-0.4, -0.2) is 24.1 Å². The smallest absolute Gasteiger partial charge is 0.302 e. The minimum absolute atomic E-state index is 0.0640. The van der Waals surface area contributed by atoms with Gasteiger partial charge in [-0.1, -0.05) is 13.8 Å². The molecule has 1 spiro atoms. The Hall–Kier alpha value is -1.06. The first kappa shape index (κ1) is 18.0. The molecule has 4 heteroatoms. The molecule has 27 heavy (non-hydrogen) atoms. The zero-order chi connectivity index (χ0) is 19.2. The van der Waals surface area contributed by atoms with Gasteiger partial charge >= 0.3 is 11.9 Å². The molecule has 4 nitrogen and oxygen atoms in total. The number of ether oxygens (including phenoxy) is 2. The molecule has 0 radical (unpaired) electrons. The molecule has 5 aliphatic carbocycles. The summed E-state index contributed by atoms with van der Waals surface area (Å²) in [6, 6.07) is 0. The molecule has 5 fully saturated rings. The lowest BCUT2D eigenvalue weighted by molar-refractivity contribution is -0.187. The number of hydrogen-bond acceptors (Lipinski definition) is 4. The van der Waals surface area contributed by atoms with E-state index in [2.05, 4.69) is 13.8 Å². The van der Waals surface area contributed by atoms with Crippen LogP contribution in [0.15, 0.2) is 0 Å². The number of fused-ring (bicyclic) bond motifs is 4. The summed E-state index contributed by atoms with van der Waals surface area (Å²) in [5.74, 6) is 2.45. The number of carbonyl (C=O) groups excluding carboxylic acids is 2. The van der Waals surface area contributed by atoms with E-state index in [0.717, 1.165) is 31.1 Å². The van der Waals surface area contributed by atoms with Crippen molar-refractivity contribution in [2.45, 2.75) is 91.3 Å². The molecule has 9 atom stereocenters. The topological polar surface area (TPSA) is 52.6 Å². The van der Waals surface area contributed by atoms with Gasteiger partial charge in [-0.2, -0.15) is 0 Å². The zero-order valence-corrected chi connectivity index (χ0v) is 17.3. The second kappa shape index (κ2) is 5.51. The van der Waals surface area contributed by atoms with Crippen LogP contribution >= 0.6 is 0 Å². The van der Waals surface area contributed by atoms with E-state index in [1.165, 1.54) is 39.0 Å². The molecule has 0 aromatic carbocycles. The van der Waals surface area contributed by atoms with Crippen molar-refractivity contribution in [3.05, 3.63) is 0 Å². The van der Waals surface area contributed by atoms with Crippen LogP contribution in [0.25, 0.3) is 0 Å². The Labute approximate surface area is 162 Å². The lowest BCUT2D eigenvalue weighted by Gasteiger charge is -2.60.